The summed E-state index contributed by atoms with van der Waals surface area (Å²) in [7, 11) is 0. The van der Waals surface area contributed by atoms with E-state index in [2.05, 4.69) is 0 Å². The van der Waals surface area contributed by atoms with Gasteiger partial charge in [-0.2, -0.15) is 0 Å². The second-order valence-corrected chi connectivity index (χ2v) is 4.98. The van der Waals surface area contributed by atoms with Crippen LogP contribution in [0.2, 0.25) is 0 Å². The SMILES string of the molecule is CCC(CCCC(C)O)C(=O)OCc1ccccc1. The van der Waals surface area contributed by atoms with Gasteiger partial charge in [-0.15, -0.1) is 0 Å². The van der Waals surface area contributed by atoms with Gasteiger partial charge in [0.2, 0.25) is 0 Å². The van der Waals surface area contributed by atoms with E-state index in [1.807, 2.05) is 37.3 Å². The van der Waals surface area contributed by atoms with Crippen LogP contribution in [-0.2, 0) is 16.1 Å². The van der Waals surface area contributed by atoms with E-state index in [1.165, 1.54) is 0 Å². The minimum Gasteiger partial charge on any atom is -0.461 e. The van der Waals surface area contributed by atoms with Gasteiger partial charge in [0.1, 0.15) is 6.61 Å². The number of ether oxygens (including phenoxy) is 1. The largest absolute Gasteiger partial charge is 0.461 e. The monoisotopic (exact) mass is 264 g/mol. The van der Waals surface area contributed by atoms with E-state index >= 15 is 0 Å². The van der Waals surface area contributed by atoms with E-state index in [1.54, 1.807) is 6.92 Å². The Morgan fingerprint density at radius 3 is 2.53 bits per heavy atom. The number of hydrogen-bond donors (Lipinski definition) is 1. The lowest BCUT2D eigenvalue weighted by atomic mass is 9.98. The van der Waals surface area contributed by atoms with Crippen LogP contribution in [0.4, 0.5) is 0 Å². The van der Waals surface area contributed by atoms with Gasteiger partial charge in [-0.1, -0.05) is 43.7 Å². The minimum absolute atomic E-state index is 0.0533. The number of aliphatic hydroxyl groups is 1. The number of carbonyl (C=O) groups excluding carboxylic acids is 1. The molecule has 0 aliphatic carbocycles. The first-order chi connectivity index (χ1) is 9.13. The van der Waals surface area contributed by atoms with Crippen molar-refractivity contribution in [1.82, 2.24) is 0 Å². The topological polar surface area (TPSA) is 46.5 Å². The summed E-state index contributed by atoms with van der Waals surface area (Å²) in [6, 6.07) is 9.70. The third kappa shape index (κ3) is 6.39. The van der Waals surface area contributed by atoms with Crippen LogP contribution in [0.15, 0.2) is 30.3 Å². The molecule has 0 bridgehead atoms. The van der Waals surface area contributed by atoms with Crippen molar-refractivity contribution >= 4 is 5.97 Å². The molecule has 1 N–H and O–H groups in total. The van der Waals surface area contributed by atoms with Crippen LogP contribution in [0.1, 0.15) is 45.1 Å². The van der Waals surface area contributed by atoms with E-state index in [0.717, 1.165) is 31.2 Å². The van der Waals surface area contributed by atoms with Gasteiger partial charge in [0, 0.05) is 0 Å². The van der Waals surface area contributed by atoms with Crippen LogP contribution in [0.25, 0.3) is 0 Å². The highest BCUT2D eigenvalue weighted by molar-refractivity contribution is 5.72. The molecular formula is C16H24O3. The van der Waals surface area contributed by atoms with Crippen LogP contribution in [-0.4, -0.2) is 17.2 Å². The van der Waals surface area contributed by atoms with Gasteiger partial charge < -0.3 is 9.84 Å². The maximum absolute atomic E-state index is 11.9. The second-order valence-electron chi connectivity index (χ2n) is 4.98. The Bertz CT molecular complexity index is 360. The molecule has 2 atom stereocenters. The maximum atomic E-state index is 11.9. The lowest BCUT2D eigenvalue weighted by molar-refractivity contribution is -0.150. The highest BCUT2D eigenvalue weighted by Crippen LogP contribution is 2.16. The molecule has 0 spiro atoms. The van der Waals surface area contributed by atoms with E-state index in [-0.39, 0.29) is 18.0 Å². The molecule has 2 unspecified atom stereocenters. The number of carbonyl (C=O) groups is 1. The zero-order valence-corrected chi connectivity index (χ0v) is 11.8. The Labute approximate surface area is 115 Å². The van der Waals surface area contributed by atoms with Gasteiger partial charge in [-0.25, -0.2) is 0 Å². The molecular weight excluding hydrogens is 240 g/mol. The zero-order valence-electron chi connectivity index (χ0n) is 11.8. The van der Waals surface area contributed by atoms with Crippen molar-refractivity contribution in [2.24, 2.45) is 5.92 Å². The molecule has 0 amide bonds. The number of aliphatic hydroxyl groups excluding tert-OH is 1. The fraction of sp³-hybridized carbons (Fsp3) is 0.562. The first kappa shape index (κ1) is 15.7. The van der Waals surface area contributed by atoms with E-state index in [0.29, 0.717) is 6.61 Å². The predicted molar refractivity (Wildman–Crippen MR) is 75.6 cm³/mol. The summed E-state index contributed by atoms with van der Waals surface area (Å²) < 4.78 is 5.34. The second kappa shape index (κ2) is 8.70. The maximum Gasteiger partial charge on any atom is 0.309 e. The molecule has 0 fully saturated rings. The molecule has 0 saturated heterocycles. The predicted octanol–water partition coefficient (Wildman–Crippen LogP) is 3.31. The summed E-state index contributed by atoms with van der Waals surface area (Å²) in [6.45, 7) is 4.11. The van der Waals surface area contributed by atoms with Gasteiger partial charge in [-0.3, -0.25) is 4.79 Å². The average Bonchev–Trinajstić information content (AvgIpc) is 2.42. The van der Waals surface area contributed by atoms with Gasteiger partial charge in [0.15, 0.2) is 0 Å². The van der Waals surface area contributed by atoms with Crippen molar-refractivity contribution in [3.8, 4) is 0 Å². The molecule has 1 aromatic rings. The molecule has 0 aromatic heterocycles. The Morgan fingerprint density at radius 2 is 1.95 bits per heavy atom. The number of hydrogen-bond acceptors (Lipinski definition) is 3. The summed E-state index contributed by atoms with van der Waals surface area (Å²) >= 11 is 0. The number of esters is 1. The Balaban J connectivity index is 2.33. The molecule has 0 heterocycles. The summed E-state index contributed by atoms with van der Waals surface area (Å²) in [5.74, 6) is -0.181. The molecule has 3 nitrogen and oxygen atoms in total. The van der Waals surface area contributed by atoms with Crippen molar-refractivity contribution < 1.29 is 14.6 Å². The van der Waals surface area contributed by atoms with Crippen molar-refractivity contribution in [3.05, 3.63) is 35.9 Å². The first-order valence-corrected chi connectivity index (χ1v) is 7.02. The van der Waals surface area contributed by atoms with E-state index < -0.39 is 0 Å². The van der Waals surface area contributed by atoms with Crippen LogP contribution < -0.4 is 0 Å². The summed E-state index contributed by atoms with van der Waals surface area (Å²) in [5, 5.41) is 9.21. The lowest BCUT2D eigenvalue weighted by Crippen LogP contribution is -2.17. The zero-order chi connectivity index (χ0) is 14.1. The molecule has 0 radical (unpaired) electrons. The molecule has 0 aliphatic heterocycles. The summed E-state index contributed by atoms with van der Waals surface area (Å²) in [5.41, 5.74) is 1.01. The molecule has 1 rings (SSSR count). The van der Waals surface area contributed by atoms with Crippen molar-refractivity contribution in [3.63, 3.8) is 0 Å². The molecule has 19 heavy (non-hydrogen) atoms. The molecule has 1 aromatic carbocycles. The molecule has 3 heteroatoms. The highest BCUT2D eigenvalue weighted by Gasteiger charge is 2.17. The molecule has 0 aliphatic rings. The fourth-order valence-electron chi connectivity index (χ4n) is 1.99. The third-order valence-electron chi connectivity index (χ3n) is 3.22. The average molecular weight is 264 g/mol. The van der Waals surface area contributed by atoms with Crippen LogP contribution in [0.5, 0.6) is 0 Å². The van der Waals surface area contributed by atoms with E-state index in [4.69, 9.17) is 4.74 Å². The summed E-state index contributed by atoms with van der Waals surface area (Å²) in [4.78, 5) is 11.9. The van der Waals surface area contributed by atoms with Crippen LogP contribution in [0, 0.1) is 5.92 Å². The van der Waals surface area contributed by atoms with Crippen LogP contribution in [0.3, 0.4) is 0 Å². The van der Waals surface area contributed by atoms with Crippen molar-refractivity contribution in [2.45, 2.75) is 52.2 Å². The minimum atomic E-state index is -0.294. The quantitative estimate of drug-likeness (QED) is 0.733. The lowest BCUT2D eigenvalue weighted by Gasteiger charge is -2.14. The van der Waals surface area contributed by atoms with Crippen LogP contribution >= 0.6 is 0 Å². The first-order valence-electron chi connectivity index (χ1n) is 7.02. The Morgan fingerprint density at radius 1 is 1.26 bits per heavy atom. The van der Waals surface area contributed by atoms with Crippen molar-refractivity contribution in [2.75, 3.05) is 0 Å². The Hall–Kier alpha value is -1.35. The normalized spacial score (nSPS) is 13.8. The van der Waals surface area contributed by atoms with E-state index in [9.17, 15) is 9.90 Å². The smallest absolute Gasteiger partial charge is 0.309 e. The fourth-order valence-corrected chi connectivity index (χ4v) is 1.99. The number of rotatable bonds is 8. The standard InChI is InChI=1S/C16H24O3/c1-3-15(11-7-8-13(2)17)16(18)19-12-14-9-5-4-6-10-14/h4-6,9-10,13,15,17H,3,7-8,11-12H2,1-2H3. The summed E-state index contributed by atoms with van der Waals surface area (Å²) in [6.07, 6.45) is 2.87. The van der Waals surface area contributed by atoms with Gasteiger partial charge in [0.25, 0.3) is 0 Å². The Kier molecular flexibility index (Phi) is 7.19. The third-order valence-corrected chi connectivity index (χ3v) is 3.22. The number of benzene rings is 1. The van der Waals surface area contributed by atoms with Gasteiger partial charge in [0.05, 0.1) is 12.0 Å². The van der Waals surface area contributed by atoms with Gasteiger partial charge in [-0.05, 0) is 31.7 Å². The van der Waals surface area contributed by atoms with Crippen molar-refractivity contribution in [1.29, 1.82) is 0 Å². The van der Waals surface area contributed by atoms with Gasteiger partial charge >= 0.3 is 5.97 Å². The molecule has 106 valence electrons. The highest BCUT2D eigenvalue weighted by atomic mass is 16.5. The molecule has 0 saturated carbocycles.